The summed E-state index contributed by atoms with van der Waals surface area (Å²) in [7, 11) is 2.01. The van der Waals surface area contributed by atoms with E-state index in [9.17, 15) is 9.59 Å². The summed E-state index contributed by atoms with van der Waals surface area (Å²) >= 11 is 0. The number of hydrogen-bond donors (Lipinski definition) is 1. The third kappa shape index (κ3) is 4.16. The molecule has 1 amide bonds. The molecule has 6 nitrogen and oxygen atoms in total. The predicted molar refractivity (Wildman–Crippen MR) is 91.5 cm³/mol. The zero-order chi connectivity index (χ0) is 17.0. The van der Waals surface area contributed by atoms with Gasteiger partial charge >= 0.3 is 0 Å². The van der Waals surface area contributed by atoms with Gasteiger partial charge in [0.25, 0.3) is 5.56 Å². The van der Waals surface area contributed by atoms with Crippen molar-refractivity contribution in [2.75, 3.05) is 20.1 Å². The summed E-state index contributed by atoms with van der Waals surface area (Å²) < 4.78 is 1.35. The summed E-state index contributed by atoms with van der Waals surface area (Å²) in [4.78, 5) is 30.9. The van der Waals surface area contributed by atoms with E-state index in [2.05, 4.69) is 29.0 Å². The number of likely N-dealkylation sites (N-methyl/N-ethyl adjacent to an activating group) is 1. The Morgan fingerprint density at radius 1 is 1.39 bits per heavy atom. The zero-order valence-corrected chi connectivity index (χ0v) is 14.2. The Hall–Kier alpha value is -2.21. The summed E-state index contributed by atoms with van der Waals surface area (Å²) in [5.41, 5.74) is 1.45. The fraction of sp³-hybridized carbons (Fsp3) is 0.471. The molecule has 0 unspecified atom stereocenters. The number of para-hydroxylation sites is 1. The molecule has 2 rings (SSSR count). The summed E-state index contributed by atoms with van der Waals surface area (Å²) in [6, 6.07) is 5.91. The number of carbonyl (C=O) groups excluding carboxylic acids is 1. The first-order valence-electron chi connectivity index (χ1n) is 7.82. The van der Waals surface area contributed by atoms with Crippen LogP contribution in [0.25, 0.3) is 10.9 Å². The number of nitrogens with one attached hydrogen (secondary N) is 1. The molecule has 0 saturated carbocycles. The number of nitrogens with zero attached hydrogens (tertiary/aromatic N) is 3. The molecule has 0 fully saturated rings. The van der Waals surface area contributed by atoms with Crippen molar-refractivity contribution in [3.05, 3.63) is 40.4 Å². The van der Waals surface area contributed by atoms with Crippen LogP contribution in [0.4, 0.5) is 0 Å². The Labute approximate surface area is 136 Å². The van der Waals surface area contributed by atoms with E-state index in [0.717, 1.165) is 12.1 Å². The summed E-state index contributed by atoms with van der Waals surface area (Å²) in [5.74, 6) is -0.182. The fourth-order valence-electron chi connectivity index (χ4n) is 2.29. The maximum absolute atomic E-state index is 12.4. The van der Waals surface area contributed by atoms with E-state index in [1.54, 1.807) is 6.07 Å². The van der Waals surface area contributed by atoms with Gasteiger partial charge in [-0.3, -0.25) is 14.2 Å². The molecule has 1 N–H and O–H groups in total. The second-order valence-corrected chi connectivity index (χ2v) is 6.07. The van der Waals surface area contributed by atoms with E-state index in [1.165, 1.54) is 10.9 Å². The highest BCUT2D eigenvalue weighted by molar-refractivity contribution is 5.81. The molecule has 0 atom stereocenters. The maximum Gasteiger partial charge on any atom is 0.261 e. The standard InChI is InChI=1S/C17H24N4O2/c1-12(2)20(4)9-8-18-15(22)10-21-11-19-16-13(3)6-5-7-14(16)17(21)23/h5-7,11-12H,8-10H2,1-4H3,(H,18,22). The van der Waals surface area contributed by atoms with Gasteiger partial charge in [0.2, 0.25) is 5.91 Å². The molecular weight excluding hydrogens is 292 g/mol. The lowest BCUT2D eigenvalue weighted by molar-refractivity contribution is -0.121. The van der Waals surface area contributed by atoms with Gasteiger partial charge in [-0.25, -0.2) is 4.98 Å². The van der Waals surface area contributed by atoms with Crippen LogP contribution in [0.1, 0.15) is 19.4 Å². The minimum absolute atomic E-state index is 0.0128. The molecule has 1 aromatic heterocycles. The van der Waals surface area contributed by atoms with Gasteiger partial charge in [0.05, 0.1) is 17.2 Å². The van der Waals surface area contributed by atoms with E-state index in [-0.39, 0.29) is 18.0 Å². The van der Waals surface area contributed by atoms with Gasteiger partial charge in [-0.15, -0.1) is 0 Å². The summed E-state index contributed by atoms with van der Waals surface area (Å²) in [6.45, 7) is 7.43. The Balaban J connectivity index is 2.03. The van der Waals surface area contributed by atoms with Crippen LogP contribution in [0.2, 0.25) is 0 Å². The van der Waals surface area contributed by atoms with Crippen LogP contribution in [0.3, 0.4) is 0 Å². The van der Waals surface area contributed by atoms with E-state index in [0.29, 0.717) is 23.5 Å². The van der Waals surface area contributed by atoms with Gasteiger partial charge in [0.1, 0.15) is 6.54 Å². The average molecular weight is 316 g/mol. The maximum atomic E-state index is 12.4. The molecule has 6 heteroatoms. The summed E-state index contributed by atoms with van der Waals surface area (Å²) in [6.07, 6.45) is 1.44. The number of aryl methyl sites for hydroxylation is 1. The molecule has 0 spiro atoms. The average Bonchev–Trinajstić information content (AvgIpc) is 2.50. The molecule has 0 aliphatic rings. The number of benzene rings is 1. The van der Waals surface area contributed by atoms with Gasteiger partial charge < -0.3 is 10.2 Å². The highest BCUT2D eigenvalue weighted by atomic mass is 16.2. The minimum atomic E-state index is -0.187. The first-order valence-corrected chi connectivity index (χ1v) is 7.82. The molecular formula is C17H24N4O2. The Morgan fingerprint density at radius 2 is 2.13 bits per heavy atom. The smallest absolute Gasteiger partial charge is 0.261 e. The molecule has 0 radical (unpaired) electrons. The van der Waals surface area contributed by atoms with Crippen molar-refractivity contribution in [2.24, 2.45) is 0 Å². The first-order chi connectivity index (χ1) is 10.9. The Morgan fingerprint density at radius 3 is 2.83 bits per heavy atom. The first kappa shape index (κ1) is 17.1. The highest BCUT2D eigenvalue weighted by Crippen LogP contribution is 2.10. The fourth-order valence-corrected chi connectivity index (χ4v) is 2.29. The lowest BCUT2D eigenvalue weighted by Crippen LogP contribution is -2.38. The van der Waals surface area contributed by atoms with E-state index < -0.39 is 0 Å². The second-order valence-electron chi connectivity index (χ2n) is 6.07. The molecule has 1 heterocycles. The van der Waals surface area contributed by atoms with E-state index in [1.807, 2.05) is 26.1 Å². The van der Waals surface area contributed by atoms with E-state index >= 15 is 0 Å². The van der Waals surface area contributed by atoms with Crippen LogP contribution >= 0.6 is 0 Å². The van der Waals surface area contributed by atoms with Crippen LogP contribution < -0.4 is 10.9 Å². The van der Waals surface area contributed by atoms with Crippen molar-refractivity contribution in [3.63, 3.8) is 0 Å². The van der Waals surface area contributed by atoms with Crippen LogP contribution in [-0.2, 0) is 11.3 Å². The number of hydrogen-bond acceptors (Lipinski definition) is 4. The van der Waals surface area contributed by atoms with Crippen LogP contribution in [0, 0.1) is 6.92 Å². The molecule has 2 aromatic rings. The van der Waals surface area contributed by atoms with Crippen molar-refractivity contribution in [3.8, 4) is 0 Å². The largest absolute Gasteiger partial charge is 0.353 e. The lowest BCUT2D eigenvalue weighted by Gasteiger charge is -2.20. The van der Waals surface area contributed by atoms with Crippen molar-refractivity contribution >= 4 is 16.8 Å². The predicted octanol–water partition coefficient (Wildman–Crippen LogP) is 1.16. The van der Waals surface area contributed by atoms with Gasteiger partial charge in [0, 0.05) is 19.1 Å². The van der Waals surface area contributed by atoms with Crippen molar-refractivity contribution < 1.29 is 4.79 Å². The van der Waals surface area contributed by atoms with Crippen LogP contribution in [0.15, 0.2) is 29.3 Å². The second kappa shape index (κ2) is 7.37. The number of carbonyl (C=O) groups is 1. The Kier molecular flexibility index (Phi) is 5.50. The number of rotatable bonds is 6. The molecule has 124 valence electrons. The quantitative estimate of drug-likeness (QED) is 0.868. The monoisotopic (exact) mass is 316 g/mol. The number of fused-ring (bicyclic) bond motifs is 1. The molecule has 0 saturated heterocycles. The van der Waals surface area contributed by atoms with Gasteiger partial charge in [0.15, 0.2) is 0 Å². The Bertz CT molecular complexity index is 752. The zero-order valence-electron chi connectivity index (χ0n) is 14.2. The van der Waals surface area contributed by atoms with Gasteiger partial charge in [-0.05, 0) is 39.4 Å². The summed E-state index contributed by atoms with van der Waals surface area (Å²) in [5, 5.41) is 3.38. The van der Waals surface area contributed by atoms with Crippen LogP contribution in [-0.4, -0.2) is 46.5 Å². The van der Waals surface area contributed by atoms with Gasteiger partial charge in [-0.2, -0.15) is 0 Å². The minimum Gasteiger partial charge on any atom is -0.353 e. The molecule has 1 aromatic carbocycles. The van der Waals surface area contributed by atoms with Crippen LogP contribution in [0.5, 0.6) is 0 Å². The van der Waals surface area contributed by atoms with Crippen molar-refractivity contribution in [1.29, 1.82) is 0 Å². The topological polar surface area (TPSA) is 67.2 Å². The molecule has 23 heavy (non-hydrogen) atoms. The molecule has 0 aliphatic carbocycles. The van der Waals surface area contributed by atoms with Gasteiger partial charge in [-0.1, -0.05) is 12.1 Å². The number of aromatic nitrogens is 2. The SMILES string of the molecule is Cc1cccc2c(=O)n(CC(=O)NCCN(C)C(C)C)cnc12. The molecule has 0 bridgehead atoms. The third-order valence-corrected chi connectivity index (χ3v) is 4.04. The van der Waals surface area contributed by atoms with E-state index in [4.69, 9.17) is 0 Å². The van der Waals surface area contributed by atoms with Crippen molar-refractivity contribution in [2.45, 2.75) is 33.4 Å². The normalized spacial score (nSPS) is 11.4. The number of amides is 1. The van der Waals surface area contributed by atoms with Crippen molar-refractivity contribution in [1.82, 2.24) is 19.8 Å². The highest BCUT2D eigenvalue weighted by Gasteiger charge is 2.09. The lowest BCUT2D eigenvalue weighted by atomic mass is 10.1. The molecule has 0 aliphatic heterocycles. The third-order valence-electron chi connectivity index (χ3n) is 4.04.